The Morgan fingerprint density at radius 2 is 1.79 bits per heavy atom. The van der Waals surface area contributed by atoms with Crippen LogP contribution in [0.25, 0.3) is 0 Å². The molecule has 0 saturated heterocycles. The van der Waals surface area contributed by atoms with Crippen molar-refractivity contribution in [3.8, 4) is 5.75 Å². The molecule has 29 heavy (non-hydrogen) atoms. The van der Waals surface area contributed by atoms with Crippen molar-refractivity contribution in [3.05, 3.63) is 59.9 Å². The van der Waals surface area contributed by atoms with Gasteiger partial charge in [0, 0.05) is 27.7 Å². The number of para-hydroxylation sites is 1. The van der Waals surface area contributed by atoms with Gasteiger partial charge in [-0.25, -0.2) is 17.1 Å². The van der Waals surface area contributed by atoms with Gasteiger partial charge in [-0.15, -0.1) is 0 Å². The second kappa shape index (κ2) is 10.2. The summed E-state index contributed by atoms with van der Waals surface area (Å²) in [5, 5.41) is 6.27. The summed E-state index contributed by atoms with van der Waals surface area (Å²) >= 11 is 0. The molecule has 0 heterocycles. The van der Waals surface area contributed by atoms with E-state index >= 15 is 0 Å². The molecule has 0 aliphatic heterocycles. The topological polar surface area (TPSA) is 83.0 Å². The Kier molecular flexibility index (Phi) is 7.98. The quantitative estimate of drug-likeness (QED) is 0.503. The molecule has 158 valence electrons. The van der Waals surface area contributed by atoms with Crippen molar-refractivity contribution in [2.45, 2.75) is 24.5 Å². The van der Waals surface area contributed by atoms with Crippen molar-refractivity contribution in [2.24, 2.45) is 4.99 Å². The minimum Gasteiger partial charge on any atom is -0.486 e. The molecule has 0 aromatic heterocycles. The SMILES string of the molecule is CN=C(NCc1ccc(S(=O)(=O)N(C)C)cc1)NCC(C)Oc1ccccc1F. The molecule has 9 heteroatoms. The van der Waals surface area contributed by atoms with E-state index < -0.39 is 15.8 Å². The van der Waals surface area contributed by atoms with Crippen LogP contribution in [0.5, 0.6) is 5.75 Å². The summed E-state index contributed by atoms with van der Waals surface area (Å²) in [6, 6.07) is 12.9. The number of benzene rings is 2. The molecule has 2 aromatic rings. The number of nitrogens with one attached hydrogen (secondary N) is 2. The van der Waals surface area contributed by atoms with Crippen molar-refractivity contribution >= 4 is 16.0 Å². The van der Waals surface area contributed by atoms with Gasteiger partial charge in [0.2, 0.25) is 10.0 Å². The smallest absolute Gasteiger partial charge is 0.242 e. The fourth-order valence-electron chi connectivity index (χ4n) is 2.44. The number of halogens is 1. The van der Waals surface area contributed by atoms with E-state index in [0.29, 0.717) is 19.0 Å². The van der Waals surface area contributed by atoms with Crippen LogP contribution in [0, 0.1) is 5.82 Å². The van der Waals surface area contributed by atoms with Crippen LogP contribution in [0.15, 0.2) is 58.4 Å². The molecule has 2 rings (SSSR count). The van der Waals surface area contributed by atoms with Crippen molar-refractivity contribution in [3.63, 3.8) is 0 Å². The first kappa shape index (κ1) is 22.6. The normalized spacial score (nSPS) is 13.2. The van der Waals surface area contributed by atoms with E-state index in [4.69, 9.17) is 4.74 Å². The van der Waals surface area contributed by atoms with E-state index in [2.05, 4.69) is 15.6 Å². The number of sulfonamides is 1. The number of aliphatic imine (C=N–C) groups is 1. The summed E-state index contributed by atoms with van der Waals surface area (Å²) < 4.78 is 44.6. The van der Waals surface area contributed by atoms with Crippen molar-refractivity contribution in [1.82, 2.24) is 14.9 Å². The van der Waals surface area contributed by atoms with E-state index in [1.54, 1.807) is 49.5 Å². The summed E-state index contributed by atoms with van der Waals surface area (Å²) in [5.41, 5.74) is 0.904. The third-order valence-electron chi connectivity index (χ3n) is 4.11. The molecule has 0 saturated carbocycles. The molecule has 0 spiro atoms. The molecule has 1 unspecified atom stereocenters. The maximum atomic E-state index is 13.6. The van der Waals surface area contributed by atoms with Crippen LogP contribution >= 0.6 is 0 Å². The number of hydrogen-bond donors (Lipinski definition) is 2. The van der Waals surface area contributed by atoms with Gasteiger partial charge in [0.15, 0.2) is 17.5 Å². The Hall–Kier alpha value is -2.65. The summed E-state index contributed by atoms with van der Waals surface area (Å²) in [4.78, 5) is 4.39. The van der Waals surface area contributed by atoms with Crippen LogP contribution in [0.1, 0.15) is 12.5 Å². The molecule has 0 aliphatic rings. The third-order valence-corrected chi connectivity index (χ3v) is 5.94. The molecular formula is C20H27FN4O3S. The van der Waals surface area contributed by atoms with Gasteiger partial charge in [-0.1, -0.05) is 24.3 Å². The molecule has 2 aromatic carbocycles. The number of guanidine groups is 1. The number of ether oxygens (including phenoxy) is 1. The standard InChI is InChI=1S/C20H27FN4O3S/c1-15(28-19-8-6-5-7-18(19)21)13-23-20(22-2)24-14-16-9-11-17(12-10-16)29(26,27)25(3)4/h5-12,15H,13-14H2,1-4H3,(H2,22,23,24). The lowest BCUT2D eigenvalue weighted by atomic mass is 10.2. The fraction of sp³-hybridized carbons (Fsp3) is 0.350. The minimum absolute atomic E-state index is 0.206. The Balaban J connectivity index is 1.85. The molecule has 0 bridgehead atoms. The van der Waals surface area contributed by atoms with Crippen LogP contribution in [0.3, 0.4) is 0 Å². The molecule has 1 atom stereocenters. The van der Waals surface area contributed by atoms with Crippen LogP contribution in [0.4, 0.5) is 4.39 Å². The maximum Gasteiger partial charge on any atom is 0.242 e. The van der Waals surface area contributed by atoms with Gasteiger partial charge in [0.25, 0.3) is 0 Å². The summed E-state index contributed by atoms with van der Waals surface area (Å²) in [5.74, 6) is 0.359. The van der Waals surface area contributed by atoms with E-state index in [0.717, 1.165) is 5.56 Å². The Labute approximate surface area is 171 Å². The predicted molar refractivity (Wildman–Crippen MR) is 112 cm³/mol. The van der Waals surface area contributed by atoms with Gasteiger partial charge in [0.1, 0.15) is 6.10 Å². The van der Waals surface area contributed by atoms with Crippen LogP contribution in [-0.2, 0) is 16.6 Å². The third kappa shape index (κ3) is 6.43. The van der Waals surface area contributed by atoms with Crippen LogP contribution < -0.4 is 15.4 Å². The number of nitrogens with zero attached hydrogens (tertiary/aromatic N) is 2. The highest BCUT2D eigenvalue weighted by molar-refractivity contribution is 7.89. The van der Waals surface area contributed by atoms with Crippen LogP contribution in [0.2, 0.25) is 0 Å². The second-order valence-corrected chi connectivity index (χ2v) is 8.75. The van der Waals surface area contributed by atoms with Gasteiger partial charge < -0.3 is 15.4 Å². The van der Waals surface area contributed by atoms with Gasteiger partial charge in [-0.05, 0) is 36.8 Å². The number of hydrogen-bond acceptors (Lipinski definition) is 4. The average molecular weight is 423 g/mol. The van der Waals surface area contributed by atoms with Crippen molar-refractivity contribution in [2.75, 3.05) is 27.7 Å². The Morgan fingerprint density at radius 1 is 1.14 bits per heavy atom. The Morgan fingerprint density at radius 3 is 2.38 bits per heavy atom. The summed E-state index contributed by atoms with van der Waals surface area (Å²) in [6.45, 7) is 2.72. The zero-order valence-corrected chi connectivity index (χ0v) is 17.8. The molecular weight excluding hydrogens is 395 g/mol. The highest BCUT2D eigenvalue weighted by Gasteiger charge is 2.16. The first-order valence-corrected chi connectivity index (χ1v) is 10.5. The molecule has 0 radical (unpaired) electrons. The first-order valence-electron chi connectivity index (χ1n) is 9.11. The second-order valence-electron chi connectivity index (χ2n) is 6.60. The van der Waals surface area contributed by atoms with E-state index in [9.17, 15) is 12.8 Å². The molecule has 0 fully saturated rings. The lowest BCUT2D eigenvalue weighted by molar-refractivity contribution is 0.214. The van der Waals surface area contributed by atoms with Crippen molar-refractivity contribution < 1.29 is 17.5 Å². The zero-order valence-electron chi connectivity index (χ0n) is 17.0. The zero-order chi connectivity index (χ0) is 21.4. The van der Waals surface area contributed by atoms with Gasteiger partial charge >= 0.3 is 0 Å². The number of rotatable bonds is 8. The predicted octanol–water partition coefficient (Wildman–Crippen LogP) is 2.21. The molecule has 7 nitrogen and oxygen atoms in total. The van der Waals surface area contributed by atoms with E-state index in [-0.39, 0.29) is 16.7 Å². The molecule has 0 amide bonds. The van der Waals surface area contributed by atoms with E-state index in [1.165, 1.54) is 24.5 Å². The monoisotopic (exact) mass is 422 g/mol. The lowest BCUT2D eigenvalue weighted by Gasteiger charge is -2.18. The Bertz CT molecular complexity index is 931. The van der Waals surface area contributed by atoms with Crippen molar-refractivity contribution in [1.29, 1.82) is 0 Å². The fourth-order valence-corrected chi connectivity index (χ4v) is 3.34. The van der Waals surface area contributed by atoms with E-state index in [1.807, 2.05) is 6.92 Å². The maximum absolute atomic E-state index is 13.6. The van der Waals surface area contributed by atoms with Crippen LogP contribution in [-0.4, -0.2) is 52.5 Å². The molecule has 2 N–H and O–H groups in total. The largest absolute Gasteiger partial charge is 0.486 e. The first-order chi connectivity index (χ1) is 13.7. The molecule has 0 aliphatic carbocycles. The highest BCUT2D eigenvalue weighted by atomic mass is 32.2. The van der Waals surface area contributed by atoms with Gasteiger partial charge in [-0.2, -0.15) is 0 Å². The lowest BCUT2D eigenvalue weighted by Crippen LogP contribution is -2.41. The van der Waals surface area contributed by atoms with Gasteiger partial charge in [0.05, 0.1) is 11.4 Å². The average Bonchev–Trinajstić information content (AvgIpc) is 2.70. The minimum atomic E-state index is -3.44. The van der Waals surface area contributed by atoms with Gasteiger partial charge in [-0.3, -0.25) is 4.99 Å². The highest BCUT2D eigenvalue weighted by Crippen LogP contribution is 2.17. The summed E-state index contributed by atoms with van der Waals surface area (Å²) in [6.07, 6.45) is -0.277. The summed E-state index contributed by atoms with van der Waals surface area (Å²) in [7, 11) is 1.20.